The minimum atomic E-state index is -3.67. The van der Waals surface area contributed by atoms with Crippen LogP contribution in [0.2, 0.25) is 0 Å². The predicted octanol–water partition coefficient (Wildman–Crippen LogP) is -1.23. The third-order valence-corrected chi connectivity index (χ3v) is 1.87. The van der Waals surface area contributed by atoms with Crippen molar-refractivity contribution in [3.05, 3.63) is 7.05 Å². The first kappa shape index (κ1) is 17.8. The van der Waals surface area contributed by atoms with Crippen LogP contribution in [0.4, 0.5) is 12.9 Å². The summed E-state index contributed by atoms with van der Waals surface area (Å²) in [6.45, 7) is 2.16. The molecule has 1 rings (SSSR count). The zero-order valence-electron chi connectivity index (χ0n) is 8.68. The van der Waals surface area contributed by atoms with Crippen molar-refractivity contribution >= 4 is 7.54 Å². The van der Waals surface area contributed by atoms with E-state index in [1.165, 1.54) is 0 Å². The molecule has 0 N–H and O–H groups in total. The predicted molar refractivity (Wildman–Crippen MR) is 46.0 cm³/mol. The first-order valence-electron chi connectivity index (χ1n) is 4.06. The van der Waals surface area contributed by atoms with Crippen molar-refractivity contribution in [3.63, 3.8) is 0 Å². The van der Waals surface area contributed by atoms with E-state index in [4.69, 9.17) is 4.74 Å². The molecule has 0 aromatic heterocycles. The van der Waals surface area contributed by atoms with Crippen molar-refractivity contribution < 1.29 is 69.1 Å². The monoisotopic (exact) mass is 235 g/mol. The Morgan fingerprint density at radius 3 is 1.93 bits per heavy atom. The minimum Gasteiger partial charge on any atom is -0.459 e. The van der Waals surface area contributed by atoms with Gasteiger partial charge in [-0.2, -0.15) is 0 Å². The second-order valence-electron chi connectivity index (χ2n) is 2.80. The van der Waals surface area contributed by atoms with Crippen molar-refractivity contribution in [1.29, 1.82) is 0 Å². The Labute approximate surface area is 126 Å². The van der Waals surface area contributed by atoms with Gasteiger partial charge in [0.15, 0.2) is 0 Å². The third kappa shape index (κ3) is 11.5. The third-order valence-electron chi connectivity index (χ3n) is 1.87. The Kier molecular flexibility index (Phi) is 13.9. The van der Waals surface area contributed by atoms with Crippen molar-refractivity contribution in [1.82, 2.24) is 4.90 Å². The second kappa shape index (κ2) is 10.9. The first-order valence-corrected chi connectivity index (χ1v) is 4.06. The van der Waals surface area contributed by atoms with E-state index in [2.05, 4.69) is 11.9 Å². The number of ether oxygens (including phenoxy) is 1. The van der Waals surface area contributed by atoms with Gasteiger partial charge in [-0.05, 0) is 25.9 Å². The van der Waals surface area contributed by atoms with E-state index >= 15 is 0 Å². The normalized spacial score (nSPS) is 17.8. The van der Waals surface area contributed by atoms with Crippen LogP contribution in [-0.4, -0.2) is 38.7 Å². The fourth-order valence-corrected chi connectivity index (χ4v) is 1.14. The van der Waals surface area contributed by atoms with Crippen molar-refractivity contribution in [2.75, 3.05) is 20.2 Å². The zero-order chi connectivity index (χ0) is 10.3. The summed E-state index contributed by atoms with van der Waals surface area (Å²) < 4.78 is 34.2. The summed E-state index contributed by atoms with van der Waals surface area (Å²) in [7, 11) is 1.96. The topological polar surface area (TPSA) is 12.5 Å². The molecule has 7 heteroatoms. The summed E-state index contributed by atoms with van der Waals surface area (Å²) in [5.41, 5.74) is 0. The molecular weight excluding hydrogens is 221 g/mol. The van der Waals surface area contributed by atoms with E-state index in [0.29, 0.717) is 6.10 Å². The molecule has 0 aliphatic carbocycles. The van der Waals surface area contributed by atoms with E-state index in [1.807, 2.05) is 0 Å². The summed E-state index contributed by atoms with van der Waals surface area (Å²) in [5.74, 6) is 0. The van der Waals surface area contributed by atoms with Crippen LogP contribution >= 0.6 is 0 Å². The van der Waals surface area contributed by atoms with Crippen LogP contribution in [0.3, 0.4) is 0 Å². The van der Waals surface area contributed by atoms with Crippen LogP contribution in [0.15, 0.2) is 0 Å². The van der Waals surface area contributed by atoms with Gasteiger partial charge in [-0.25, -0.2) is 0 Å². The molecule has 0 aromatic rings. The molecule has 14 heavy (non-hydrogen) atoms. The molecule has 78 valence electrons. The molecule has 0 atom stereocenters. The Balaban J connectivity index is 0. The molecule has 1 aliphatic heterocycles. The fourth-order valence-electron chi connectivity index (χ4n) is 1.14. The Hall–Kier alpha value is 1.41. The molecule has 1 saturated heterocycles. The summed E-state index contributed by atoms with van der Waals surface area (Å²) >= 11 is 0. The molecular formula is C7H14BF3KNO. The molecule has 0 amide bonds. The molecule has 1 aliphatic rings. The minimum absolute atomic E-state index is 0. The Morgan fingerprint density at radius 2 is 1.64 bits per heavy atom. The van der Waals surface area contributed by atoms with Gasteiger partial charge in [-0.3, -0.25) is 20.0 Å². The van der Waals surface area contributed by atoms with E-state index < -0.39 is 7.54 Å². The molecule has 1 heterocycles. The molecule has 0 unspecified atom stereocenters. The average molecular weight is 235 g/mol. The summed E-state index contributed by atoms with van der Waals surface area (Å²) in [6, 6.07) is 0. The van der Waals surface area contributed by atoms with E-state index in [1.54, 1.807) is 7.11 Å². The Morgan fingerprint density at radius 1 is 1.29 bits per heavy atom. The maximum atomic E-state index is 9.67. The second-order valence-corrected chi connectivity index (χ2v) is 2.80. The van der Waals surface area contributed by atoms with Crippen molar-refractivity contribution in [3.8, 4) is 0 Å². The van der Waals surface area contributed by atoms with E-state index in [9.17, 15) is 12.9 Å². The fraction of sp³-hybridized carbons (Fsp3) is 0.857. The number of rotatable bonds is 1. The van der Waals surface area contributed by atoms with Crippen LogP contribution in [0.1, 0.15) is 12.8 Å². The van der Waals surface area contributed by atoms with Crippen LogP contribution < -0.4 is 51.4 Å². The molecule has 0 bridgehead atoms. The number of halogens is 3. The van der Waals surface area contributed by atoms with Crippen LogP contribution in [0, 0.1) is 7.05 Å². The van der Waals surface area contributed by atoms with Crippen molar-refractivity contribution in [2.24, 2.45) is 0 Å². The average Bonchev–Trinajstić information content (AvgIpc) is 2.05. The number of nitrogens with zero attached hydrogens (tertiary/aromatic N) is 1. The van der Waals surface area contributed by atoms with Crippen LogP contribution in [-0.2, 0) is 4.74 Å². The quantitative estimate of drug-likeness (QED) is 0.417. The summed E-state index contributed by atoms with van der Waals surface area (Å²) in [5, 5.41) is 0. The number of piperidine rings is 1. The molecule has 0 spiro atoms. The maximum absolute atomic E-state index is 9.67. The molecule has 2 nitrogen and oxygen atoms in total. The summed E-state index contributed by atoms with van der Waals surface area (Å²) in [6.07, 6.45) is 2.77. The Bertz CT molecular complexity index is 123. The zero-order valence-corrected chi connectivity index (χ0v) is 11.8. The smallest absolute Gasteiger partial charge is 0.459 e. The molecule has 0 radical (unpaired) electrons. The van der Waals surface area contributed by atoms with Crippen LogP contribution in [0.5, 0.6) is 0 Å². The van der Waals surface area contributed by atoms with Gasteiger partial charge in [0, 0.05) is 7.11 Å². The SMILES string of the molecule is FB(F)F.[CH2-]N1CCC(OC)CC1.[K+]. The molecule has 1 fully saturated rings. The first-order chi connectivity index (χ1) is 6.06. The van der Waals surface area contributed by atoms with Crippen LogP contribution in [0.25, 0.3) is 0 Å². The number of likely N-dealkylation sites (tertiary alicyclic amines) is 1. The van der Waals surface area contributed by atoms with Gasteiger partial charge in [-0.15, -0.1) is 0 Å². The van der Waals surface area contributed by atoms with E-state index in [0.717, 1.165) is 25.9 Å². The van der Waals surface area contributed by atoms with Gasteiger partial charge >= 0.3 is 58.9 Å². The summed E-state index contributed by atoms with van der Waals surface area (Å²) in [4.78, 5) is 2.09. The van der Waals surface area contributed by atoms with Gasteiger partial charge in [0.1, 0.15) is 0 Å². The van der Waals surface area contributed by atoms with Gasteiger partial charge < -0.3 is 9.64 Å². The molecule has 0 saturated carbocycles. The standard InChI is InChI=1S/C7H14NO.BF3.K/c1-8-5-3-7(9-2)4-6-8;2-1(3)4;/h7H,1,3-6H2,2H3;;/q-1;;+1. The maximum Gasteiger partial charge on any atom is 1.00 e. The largest absolute Gasteiger partial charge is 1.00 e. The van der Waals surface area contributed by atoms with Gasteiger partial charge in [0.25, 0.3) is 0 Å². The van der Waals surface area contributed by atoms with Crippen molar-refractivity contribution in [2.45, 2.75) is 18.9 Å². The van der Waals surface area contributed by atoms with Gasteiger partial charge in [-0.1, -0.05) is 0 Å². The van der Waals surface area contributed by atoms with Gasteiger partial charge in [0.05, 0.1) is 6.10 Å². The number of hydrogen-bond donors (Lipinski definition) is 0. The number of methoxy groups -OCH3 is 1. The number of hydrogen-bond acceptors (Lipinski definition) is 2. The molecule has 0 aromatic carbocycles. The van der Waals surface area contributed by atoms with Gasteiger partial charge in [0.2, 0.25) is 0 Å². The van der Waals surface area contributed by atoms with E-state index in [-0.39, 0.29) is 51.4 Å².